The van der Waals surface area contributed by atoms with E-state index in [1.54, 1.807) is 0 Å². The third-order valence-electron chi connectivity index (χ3n) is 18.7. The van der Waals surface area contributed by atoms with Crippen molar-refractivity contribution in [2.24, 2.45) is 0 Å². The van der Waals surface area contributed by atoms with Crippen molar-refractivity contribution in [1.82, 2.24) is 0 Å². The van der Waals surface area contributed by atoms with Crippen LogP contribution in [-0.2, 0) is 5.41 Å². The van der Waals surface area contributed by atoms with Gasteiger partial charge in [-0.1, -0.05) is 202 Å². The molecule has 90 heavy (non-hydrogen) atoms. The Kier molecular flexibility index (Phi) is 12.1. The van der Waals surface area contributed by atoms with Crippen LogP contribution in [0, 0.1) is 18.6 Å². The predicted molar refractivity (Wildman–Crippen MR) is 369 cm³/mol. The second-order valence-corrected chi connectivity index (χ2v) is 24.2. The van der Waals surface area contributed by atoms with E-state index in [-0.39, 0.29) is 11.6 Å². The first-order valence-electron chi connectivity index (χ1n) is 30.6. The first-order chi connectivity index (χ1) is 44.1. The highest BCUT2D eigenvalue weighted by Crippen LogP contribution is 2.55. The Morgan fingerprint density at radius 3 is 1.22 bits per heavy atom. The molecule has 0 saturated carbocycles. The van der Waals surface area contributed by atoms with Crippen LogP contribution in [-0.4, -0.2) is 0 Å². The molecule has 0 aliphatic heterocycles. The van der Waals surface area contributed by atoms with E-state index in [0.717, 1.165) is 138 Å². The molecule has 428 valence electrons. The van der Waals surface area contributed by atoms with Crippen LogP contribution >= 0.6 is 0 Å². The highest BCUT2D eigenvalue weighted by molar-refractivity contribution is 6.20. The Bertz CT molecular complexity index is 5560. The van der Waals surface area contributed by atoms with E-state index in [1.165, 1.54) is 10.9 Å². The summed E-state index contributed by atoms with van der Waals surface area (Å²) in [7, 11) is 0. The van der Waals surface area contributed by atoms with Crippen LogP contribution in [0.1, 0.15) is 30.5 Å². The van der Waals surface area contributed by atoms with Crippen LogP contribution in [0.2, 0.25) is 0 Å². The van der Waals surface area contributed by atoms with Crippen LogP contribution in [0.5, 0.6) is 0 Å². The molecular weight excluding hydrogens is 1110 g/mol. The van der Waals surface area contributed by atoms with Gasteiger partial charge in [-0.05, 0) is 187 Å². The first kappa shape index (κ1) is 52.9. The van der Waals surface area contributed by atoms with E-state index in [1.807, 2.05) is 182 Å². The standard InChI is InChI=1S/C84H56F2N2O2/c1-51-62-39-35-58(87(59-37-41-78-70(48-59)63-29-16-18-33-76(63)89-78)74-45-56(52-21-8-4-9-22-52)43-67(82(74)85)54-25-12-6-13-26-54)47-69(62)65-31-20-32-72-81(65)80(51)66-40-36-61(50-73(66)84(72,2)3)88(60-38-42-79-71(49-60)64-30-17-19-34-77(64)90-79)75-46-57(53-23-10-5-11-24-53)44-68(83(75)86)55-27-14-7-15-28-55/h4-50H,1-3H3. The molecule has 1 aliphatic carbocycles. The summed E-state index contributed by atoms with van der Waals surface area (Å²) in [6.45, 7) is 6.86. The van der Waals surface area contributed by atoms with Gasteiger partial charge in [0.15, 0.2) is 11.6 Å². The minimum Gasteiger partial charge on any atom is -0.456 e. The zero-order valence-corrected chi connectivity index (χ0v) is 49.6. The van der Waals surface area contributed by atoms with Gasteiger partial charge < -0.3 is 18.6 Å². The fourth-order valence-electron chi connectivity index (χ4n) is 14.4. The molecule has 0 amide bonds. The van der Waals surface area contributed by atoms with Gasteiger partial charge in [-0.15, -0.1) is 0 Å². The van der Waals surface area contributed by atoms with E-state index in [2.05, 4.69) is 134 Å². The highest BCUT2D eigenvalue weighted by atomic mass is 19.1. The molecule has 2 aromatic heterocycles. The molecule has 0 radical (unpaired) electrons. The molecule has 0 bridgehead atoms. The molecule has 0 N–H and O–H groups in total. The molecular formula is C84H56F2N2O2. The van der Waals surface area contributed by atoms with Crippen molar-refractivity contribution in [3.63, 3.8) is 0 Å². The second kappa shape index (κ2) is 20.7. The number of furan rings is 2. The normalized spacial score (nSPS) is 12.6. The van der Waals surface area contributed by atoms with Crippen LogP contribution < -0.4 is 9.80 Å². The summed E-state index contributed by atoms with van der Waals surface area (Å²) >= 11 is 0. The van der Waals surface area contributed by atoms with Crippen LogP contribution in [0.25, 0.3) is 121 Å². The number of halogens is 2. The van der Waals surface area contributed by atoms with E-state index in [9.17, 15) is 0 Å². The lowest BCUT2D eigenvalue weighted by molar-refractivity contribution is 0.632. The van der Waals surface area contributed by atoms with Crippen LogP contribution in [0.3, 0.4) is 0 Å². The molecule has 0 saturated heterocycles. The molecule has 0 spiro atoms. The third-order valence-corrected chi connectivity index (χ3v) is 18.7. The van der Waals surface area contributed by atoms with Gasteiger partial charge in [0.1, 0.15) is 22.3 Å². The zero-order chi connectivity index (χ0) is 60.4. The molecule has 16 aromatic rings. The number of anilines is 6. The fourth-order valence-corrected chi connectivity index (χ4v) is 14.4. The van der Waals surface area contributed by atoms with Gasteiger partial charge in [0.2, 0.25) is 0 Å². The van der Waals surface area contributed by atoms with Crippen molar-refractivity contribution in [3.05, 3.63) is 313 Å². The van der Waals surface area contributed by atoms with Crippen molar-refractivity contribution in [1.29, 1.82) is 0 Å². The summed E-state index contributed by atoms with van der Waals surface area (Å²) in [5.74, 6) is -0.662. The average molecular weight is 1160 g/mol. The van der Waals surface area contributed by atoms with E-state index >= 15 is 8.78 Å². The number of fused-ring (bicyclic) bond motifs is 10. The number of para-hydroxylation sites is 2. The number of benzene rings is 14. The minimum atomic E-state index is -0.546. The van der Waals surface area contributed by atoms with Crippen LogP contribution in [0.15, 0.2) is 294 Å². The lowest BCUT2D eigenvalue weighted by Gasteiger charge is -2.38. The Labute approximate surface area is 519 Å². The summed E-state index contributed by atoms with van der Waals surface area (Å²) in [5.41, 5.74) is 18.7. The van der Waals surface area contributed by atoms with Crippen molar-refractivity contribution < 1.29 is 17.6 Å². The summed E-state index contributed by atoms with van der Waals surface area (Å²) < 4.78 is 49.4. The number of aryl methyl sites for hydroxylation is 1. The Morgan fingerprint density at radius 1 is 0.300 bits per heavy atom. The van der Waals surface area contributed by atoms with Gasteiger partial charge in [-0.3, -0.25) is 0 Å². The van der Waals surface area contributed by atoms with Gasteiger partial charge >= 0.3 is 0 Å². The SMILES string of the molecule is Cc1c2c3c(cccc3c3cc(N(c4ccc5oc6ccccc6c5c4)c4cc(-c5ccccc5)cc(-c5ccccc5)c4F)ccc13)C(C)(C)c1cc(N(c3ccc4oc5ccccc5c4c3)c3cc(-c4ccccc4)cc(-c4ccccc4)c3F)ccc1-2. The quantitative estimate of drug-likeness (QED) is 0.128. The maximum absolute atomic E-state index is 18.3. The van der Waals surface area contributed by atoms with Gasteiger partial charge in [-0.25, -0.2) is 8.78 Å². The minimum absolute atomic E-state index is 0.329. The highest BCUT2D eigenvalue weighted by Gasteiger charge is 2.37. The van der Waals surface area contributed by atoms with E-state index in [4.69, 9.17) is 8.83 Å². The van der Waals surface area contributed by atoms with E-state index in [0.29, 0.717) is 22.5 Å². The lowest BCUT2D eigenvalue weighted by atomic mass is 9.67. The van der Waals surface area contributed by atoms with Crippen molar-refractivity contribution >= 4 is 99.5 Å². The molecule has 2 heterocycles. The summed E-state index contributed by atoms with van der Waals surface area (Å²) in [6, 6.07) is 96.6. The number of hydrogen-bond acceptors (Lipinski definition) is 4. The number of hydrogen-bond donors (Lipinski definition) is 0. The molecule has 4 nitrogen and oxygen atoms in total. The largest absolute Gasteiger partial charge is 0.456 e. The van der Waals surface area contributed by atoms with Gasteiger partial charge in [0.25, 0.3) is 0 Å². The fraction of sp³-hybridized carbons (Fsp3) is 0.0476. The summed E-state index contributed by atoms with van der Waals surface area (Å²) in [6.07, 6.45) is 0. The number of nitrogens with zero attached hydrogens (tertiary/aromatic N) is 2. The summed E-state index contributed by atoms with van der Waals surface area (Å²) in [4.78, 5) is 4.18. The second-order valence-electron chi connectivity index (χ2n) is 24.2. The van der Waals surface area contributed by atoms with Crippen molar-refractivity contribution in [2.75, 3.05) is 9.80 Å². The third kappa shape index (κ3) is 8.39. The Balaban J connectivity index is 0.877. The predicted octanol–water partition coefficient (Wildman–Crippen LogP) is 24.3. The maximum atomic E-state index is 18.3. The molecule has 0 unspecified atom stereocenters. The average Bonchev–Trinajstić information content (AvgIpc) is 0.920. The molecule has 1 aliphatic rings. The van der Waals surface area contributed by atoms with Gasteiger partial charge in [0.05, 0.1) is 11.4 Å². The Hall–Kier alpha value is -11.3. The summed E-state index contributed by atoms with van der Waals surface area (Å²) in [5, 5.41) is 8.28. The molecule has 14 aromatic carbocycles. The number of rotatable bonds is 10. The molecule has 17 rings (SSSR count). The molecule has 0 atom stereocenters. The van der Waals surface area contributed by atoms with E-state index < -0.39 is 5.41 Å². The van der Waals surface area contributed by atoms with Gasteiger partial charge in [-0.2, -0.15) is 0 Å². The Morgan fingerprint density at radius 2 is 0.711 bits per heavy atom. The maximum Gasteiger partial charge on any atom is 0.155 e. The monoisotopic (exact) mass is 1160 g/mol. The van der Waals surface area contributed by atoms with Crippen LogP contribution in [0.4, 0.5) is 42.9 Å². The lowest BCUT2D eigenvalue weighted by Crippen LogP contribution is -2.25. The smallest absolute Gasteiger partial charge is 0.155 e. The topological polar surface area (TPSA) is 32.8 Å². The first-order valence-corrected chi connectivity index (χ1v) is 30.6. The van der Waals surface area contributed by atoms with Gasteiger partial charge in [0, 0.05) is 60.8 Å². The van der Waals surface area contributed by atoms with Crippen molar-refractivity contribution in [3.8, 4) is 55.6 Å². The zero-order valence-electron chi connectivity index (χ0n) is 49.6. The van der Waals surface area contributed by atoms with Crippen molar-refractivity contribution in [2.45, 2.75) is 26.2 Å². The molecule has 6 heteroatoms. The molecule has 0 fully saturated rings.